The van der Waals surface area contributed by atoms with E-state index in [-0.39, 0.29) is 18.7 Å². The first kappa shape index (κ1) is 21.3. The van der Waals surface area contributed by atoms with Crippen LogP contribution < -0.4 is 27.2 Å². The highest BCUT2D eigenvalue weighted by Crippen LogP contribution is 2.19. The van der Waals surface area contributed by atoms with Crippen LogP contribution in [0.5, 0.6) is 0 Å². The molecule has 11 nitrogen and oxygen atoms in total. The molecule has 3 atom stereocenters. The van der Waals surface area contributed by atoms with E-state index in [1.807, 2.05) is 29.7 Å². The number of carbonyl (C=O) groups excluding carboxylic acids is 4. The fraction of sp³-hybridized carbons (Fsp3) is 0.368. The van der Waals surface area contributed by atoms with Gasteiger partial charge in [0.15, 0.2) is 0 Å². The Bertz CT molecular complexity index is 958. The van der Waals surface area contributed by atoms with Crippen LogP contribution in [0, 0.1) is 0 Å². The van der Waals surface area contributed by atoms with E-state index in [0.29, 0.717) is 6.42 Å². The summed E-state index contributed by atoms with van der Waals surface area (Å²) in [5.41, 5.74) is 3.52. The van der Waals surface area contributed by atoms with Crippen LogP contribution in [-0.4, -0.2) is 58.5 Å². The van der Waals surface area contributed by atoms with Crippen LogP contribution in [-0.2, 0) is 25.6 Å². The number of hydrogen-bond acceptors (Lipinski definition) is 6. The average Bonchev–Trinajstić information content (AvgIpc) is 3.37. The highest BCUT2D eigenvalue weighted by atomic mass is 16.3. The van der Waals surface area contributed by atoms with Gasteiger partial charge in [0.05, 0.1) is 6.61 Å². The maximum Gasteiger partial charge on any atom is 0.258 e. The van der Waals surface area contributed by atoms with E-state index in [2.05, 4.69) is 20.9 Å². The smallest absolute Gasteiger partial charge is 0.258 e. The fourth-order valence-electron chi connectivity index (χ4n) is 3.38. The minimum atomic E-state index is -1.27. The number of nitrogens with two attached hydrogens (primary N) is 1. The number of fused-ring (bicyclic) bond motifs is 1. The van der Waals surface area contributed by atoms with Gasteiger partial charge in [-0.25, -0.2) is 5.84 Å². The Morgan fingerprint density at radius 2 is 1.93 bits per heavy atom. The summed E-state index contributed by atoms with van der Waals surface area (Å²) in [4.78, 5) is 51.7. The molecule has 2 aromatic rings. The molecule has 1 aromatic heterocycles. The number of aromatic nitrogens is 1. The van der Waals surface area contributed by atoms with Gasteiger partial charge in [0.1, 0.15) is 18.1 Å². The van der Waals surface area contributed by atoms with Crippen molar-refractivity contribution >= 4 is 34.5 Å². The Hall–Kier alpha value is -3.44. The van der Waals surface area contributed by atoms with E-state index >= 15 is 0 Å². The second-order valence-corrected chi connectivity index (χ2v) is 7.04. The van der Waals surface area contributed by atoms with E-state index in [0.717, 1.165) is 16.5 Å². The number of hydrazine groups is 1. The van der Waals surface area contributed by atoms with Crippen molar-refractivity contribution in [3.63, 3.8) is 0 Å². The van der Waals surface area contributed by atoms with Gasteiger partial charge in [-0.1, -0.05) is 18.2 Å². The first-order valence-corrected chi connectivity index (χ1v) is 9.49. The largest absolute Gasteiger partial charge is 0.394 e. The van der Waals surface area contributed by atoms with Crippen molar-refractivity contribution in [2.24, 2.45) is 5.84 Å². The quantitative estimate of drug-likeness (QED) is 0.148. The van der Waals surface area contributed by atoms with E-state index < -0.39 is 42.5 Å². The molecular weight excluding hydrogens is 392 g/mol. The normalized spacial score (nSPS) is 17.8. The highest BCUT2D eigenvalue weighted by Gasteiger charge is 2.32. The molecule has 1 aliphatic heterocycles. The number of amides is 4. The zero-order chi connectivity index (χ0) is 21.7. The number of aromatic amines is 1. The van der Waals surface area contributed by atoms with Crippen molar-refractivity contribution in [2.45, 2.75) is 37.4 Å². The number of hydrogen-bond donors (Lipinski definition) is 7. The third-order valence-electron chi connectivity index (χ3n) is 5.00. The second kappa shape index (κ2) is 9.37. The van der Waals surface area contributed by atoms with Gasteiger partial charge in [0.25, 0.3) is 5.91 Å². The molecule has 1 aliphatic rings. The summed E-state index contributed by atoms with van der Waals surface area (Å²) in [6.45, 7) is -0.665. The molecule has 0 spiro atoms. The lowest BCUT2D eigenvalue weighted by Gasteiger charge is -2.23. The predicted octanol–water partition coefficient (Wildman–Crippen LogP) is -2.06. The minimum Gasteiger partial charge on any atom is -0.394 e. The summed E-state index contributed by atoms with van der Waals surface area (Å²) in [5, 5.41) is 17.8. The van der Waals surface area contributed by atoms with Crippen LogP contribution in [0.2, 0.25) is 0 Å². The van der Waals surface area contributed by atoms with Gasteiger partial charge in [0.2, 0.25) is 17.7 Å². The number of benzene rings is 1. The monoisotopic (exact) mass is 416 g/mol. The lowest BCUT2D eigenvalue weighted by molar-refractivity contribution is -0.133. The molecule has 0 radical (unpaired) electrons. The lowest BCUT2D eigenvalue weighted by atomic mass is 10.0. The topological polar surface area (TPSA) is 178 Å². The molecule has 0 bridgehead atoms. The third-order valence-corrected chi connectivity index (χ3v) is 5.00. The maximum atomic E-state index is 12.9. The van der Waals surface area contributed by atoms with Crippen LogP contribution in [0.1, 0.15) is 18.4 Å². The summed E-state index contributed by atoms with van der Waals surface area (Å²) in [6, 6.07) is 4.45. The Morgan fingerprint density at radius 1 is 1.17 bits per heavy atom. The molecule has 11 heteroatoms. The van der Waals surface area contributed by atoms with Crippen molar-refractivity contribution in [1.82, 2.24) is 26.4 Å². The number of nitrogens with one attached hydrogen (secondary N) is 5. The number of carbonyl (C=O) groups is 4. The molecule has 0 saturated carbocycles. The molecule has 8 N–H and O–H groups in total. The molecule has 1 fully saturated rings. The van der Waals surface area contributed by atoms with Gasteiger partial charge in [-0.2, -0.15) is 0 Å². The number of rotatable bonds is 8. The number of aliphatic hydroxyl groups excluding tert-OH is 1. The molecule has 1 aromatic carbocycles. The zero-order valence-corrected chi connectivity index (χ0v) is 16.1. The van der Waals surface area contributed by atoms with Crippen molar-refractivity contribution < 1.29 is 24.3 Å². The molecule has 3 rings (SSSR count). The summed E-state index contributed by atoms with van der Waals surface area (Å²) >= 11 is 0. The summed E-state index contributed by atoms with van der Waals surface area (Å²) in [5.74, 6) is 2.91. The molecule has 4 amide bonds. The van der Waals surface area contributed by atoms with Gasteiger partial charge in [-0.05, 0) is 18.1 Å². The molecule has 0 aliphatic carbocycles. The standard InChI is InChI=1S/C19H24N6O5/c20-25-19(30)15(9-26)24-18(29)14(23-17(28)13-5-6-16(27)22-13)7-10-8-21-12-4-2-1-3-11(10)12/h1-4,8,13-15,21,26H,5-7,9,20H2,(H,22,27)(H,23,28)(H,24,29)(H,25,30)/t13-,14-,15-/m0/s1. The number of H-pyrrole nitrogens is 1. The van der Waals surface area contributed by atoms with E-state index in [1.54, 1.807) is 6.20 Å². The second-order valence-electron chi connectivity index (χ2n) is 7.04. The Labute approximate surface area is 171 Å². The fourth-order valence-corrected chi connectivity index (χ4v) is 3.38. The van der Waals surface area contributed by atoms with Crippen LogP contribution in [0.15, 0.2) is 30.5 Å². The van der Waals surface area contributed by atoms with Crippen LogP contribution in [0.4, 0.5) is 0 Å². The van der Waals surface area contributed by atoms with Gasteiger partial charge in [-0.3, -0.25) is 24.6 Å². The Kier molecular flexibility index (Phi) is 6.65. The number of para-hydroxylation sites is 1. The van der Waals surface area contributed by atoms with Gasteiger partial charge in [-0.15, -0.1) is 0 Å². The van der Waals surface area contributed by atoms with Gasteiger partial charge < -0.3 is 26.0 Å². The van der Waals surface area contributed by atoms with Crippen molar-refractivity contribution in [3.8, 4) is 0 Å². The molecule has 0 unspecified atom stereocenters. The third kappa shape index (κ3) is 4.75. The van der Waals surface area contributed by atoms with Crippen molar-refractivity contribution in [3.05, 3.63) is 36.0 Å². The Morgan fingerprint density at radius 3 is 2.60 bits per heavy atom. The van der Waals surface area contributed by atoms with E-state index in [9.17, 15) is 24.3 Å². The molecule has 30 heavy (non-hydrogen) atoms. The van der Waals surface area contributed by atoms with E-state index in [4.69, 9.17) is 5.84 Å². The van der Waals surface area contributed by atoms with Crippen LogP contribution >= 0.6 is 0 Å². The minimum absolute atomic E-state index is 0.130. The maximum absolute atomic E-state index is 12.9. The first-order valence-electron chi connectivity index (χ1n) is 9.49. The first-order chi connectivity index (χ1) is 14.4. The van der Waals surface area contributed by atoms with Gasteiger partial charge >= 0.3 is 0 Å². The Balaban J connectivity index is 1.80. The molecule has 160 valence electrons. The average molecular weight is 416 g/mol. The SMILES string of the molecule is NNC(=O)[C@H](CO)NC(=O)[C@H](Cc1c[nH]c2ccccc12)NC(=O)[C@@H]1CCC(=O)N1. The van der Waals surface area contributed by atoms with Crippen molar-refractivity contribution in [2.75, 3.05) is 6.61 Å². The van der Waals surface area contributed by atoms with Crippen LogP contribution in [0.25, 0.3) is 10.9 Å². The highest BCUT2D eigenvalue weighted by molar-refractivity contribution is 5.96. The predicted molar refractivity (Wildman–Crippen MR) is 106 cm³/mol. The van der Waals surface area contributed by atoms with E-state index in [1.165, 1.54) is 0 Å². The summed E-state index contributed by atoms with van der Waals surface area (Å²) in [7, 11) is 0. The lowest BCUT2D eigenvalue weighted by Crippen LogP contribution is -2.58. The molecule has 1 saturated heterocycles. The number of aliphatic hydroxyl groups is 1. The molecular formula is C19H24N6O5. The summed E-state index contributed by atoms with van der Waals surface area (Å²) in [6.07, 6.45) is 2.44. The van der Waals surface area contributed by atoms with Crippen LogP contribution in [0.3, 0.4) is 0 Å². The zero-order valence-electron chi connectivity index (χ0n) is 16.1. The van der Waals surface area contributed by atoms with Gasteiger partial charge in [0, 0.05) is 29.9 Å². The molecule has 2 heterocycles. The van der Waals surface area contributed by atoms with Crippen molar-refractivity contribution in [1.29, 1.82) is 0 Å². The summed E-state index contributed by atoms with van der Waals surface area (Å²) < 4.78 is 0.